The Labute approximate surface area is 129 Å². The second-order valence-electron chi connectivity index (χ2n) is 7.28. The lowest BCUT2D eigenvalue weighted by Crippen LogP contribution is -2.41. The molecule has 1 amide bonds. The monoisotopic (exact) mass is 293 g/mol. The van der Waals surface area contributed by atoms with Crippen molar-refractivity contribution in [2.45, 2.75) is 69.9 Å². The molecule has 0 aromatic heterocycles. The molecule has 0 radical (unpaired) electrons. The zero-order chi connectivity index (χ0) is 14.7. The Hall–Kier alpha value is -0.610. The molecular weight excluding hydrogens is 262 g/mol. The van der Waals surface area contributed by atoms with Gasteiger partial charge in [-0.25, -0.2) is 0 Å². The van der Waals surface area contributed by atoms with Crippen LogP contribution in [0, 0.1) is 5.92 Å². The van der Waals surface area contributed by atoms with Gasteiger partial charge in [-0.2, -0.15) is 0 Å². The normalized spacial score (nSPS) is 35.7. The van der Waals surface area contributed by atoms with Crippen molar-refractivity contribution >= 4 is 5.91 Å². The first kappa shape index (κ1) is 15.3. The molecule has 2 N–H and O–H groups in total. The molecule has 0 aromatic carbocycles. The van der Waals surface area contributed by atoms with Gasteiger partial charge >= 0.3 is 0 Å². The predicted octanol–water partition coefficient (Wildman–Crippen LogP) is 1.98. The molecule has 3 aliphatic rings. The van der Waals surface area contributed by atoms with Crippen LogP contribution in [0.4, 0.5) is 0 Å². The van der Waals surface area contributed by atoms with Gasteiger partial charge < -0.3 is 15.5 Å². The fraction of sp³-hybridized carbons (Fsp3) is 0.941. The van der Waals surface area contributed by atoms with Crippen molar-refractivity contribution in [3.05, 3.63) is 0 Å². The molecule has 3 rings (SSSR count). The molecule has 1 saturated carbocycles. The summed E-state index contributed by atoms with van der Waals surface area (Å²) in [6.45, 7) is 4.48. The lowest BCUT2D eigenvalue weighted by Gasteiger charge is -2.31. The van der Waals surface area contributed by atoms with Crippen LogP contribution in [0.1, 0.15) is 57.8 Å². The van der Waals surface area contributed by atoms with Crippen molar-refractivity contribution in [2.75, 3.05) is 26.2 Å². The van der Waals surface area contributed by atoms with Crippen LogP contribution in [-0.4, -0.2) is 54.0 Å². The number of likely N-dealkylation sites (tertiary alicyclic amines) is 2. The molecule has 2 aliphatic heterocycles. The van der Waals surface area contributed by atoms with E-state index in [1.165, 1.54) is 45.2 Å². The van der Waals surface area contributed by atoms with E-state index in [4.69, 9.17) is 5.73 Å². The maximum atomic E-state index is 12.7. The van der Waals surface area contributed by atoms with Gasteiger partial charge in [-0.05, 0) is 64.5 Å². The number of carbonyl (C=O) groups excluding carboxylic acids is 1. The van der Waals surface area contributed by atoms with E-state index >= 15 is 0 Å². The van der Waals surface area contributed by atoms with Crippen molar-refractivity contribution in [3.8, 4) is 0 Å². The number of hydrogen-bond acceptors (Lipinski definition) is 3. The molecule has 21 heavy (non-hydrogen) atoms. The number of hydrogen-bond donors (Lipinski definition) is 1. The van der Waals surface area contributed by atoms with E-state index in [9.17, 15) is 4.79 Å². The van der Waals surface area contributed by atoms with Crippen LogP contribution in [0.2, 0.25) is 0 Å². The average molecular weight is 293 g/mol. The number of nitrogens with two attached hydrogens (primary N) is 1. The number of amides is 1. The van der Waals surface area contributed by atoms with Crippen molar-refractivity contribution in [2.24, 2.45) is 11.7 Å². The topological polar surface area (TPSA) is 49.6 Å². The SMILES string of the molecule is NC1CCCC(C(=O)N2CCCC(N3CCCC3)CC2)C1. The van der Waals surface area contributed by atoms with E-state index in [-0.39, 0.29) is 12.0 Å². The second kappa shape index (κ2) is 7.10. The highest BCUT2D eigenvalue weighted by atomic mass is 16.2. The summed E-state index contributed by atoms with van der Waals surface area (Å²) in [5, 5.41) is 0. The first-order chi connectivity index (χ1) is 10.2. The quantitative estimate of drug-likeness (QED) is 0.847. The molecule has 1 aliphatic carbocycles. The minimum atomic E-state index is 0.206. The Bertz CT molecular complexity index is 354. The summed E-state index contributed by atoms with van der Waals surface area (Å²) in [5.74, 6) is 0.601. The largest absolute Gasteiger partial charge is 0.342 e. The zero-order valence-electron chi connectivity index (χ0n) is 13.3. The van der Waals surface area contributed by atoms with Gasteiger partial charge in [0.2, 0.25) is 5.91 Å². The average Bonchev–Trinajstić information content (AvgIpc) is 2.91. The first-order valence-corrected chi connectivity index (χ1v) is 9.02. The van der Waals surface area contributed by atoms with E-state index in [0.29, 0.717) is 5.91 Å². The predicted molar refractivity (Wildman–Crippen MR) is 85.0 cm³/mol. The molecule has 120 valence electrons. The van der Waals surface area contributed by atoms with Crippen molar-refractivity contribution in [1.82, 2.24) is 9.80 Å². The van der Waals surface area contributed by atoms with Crippen molar-refractivity contribution < 1.29 is 4.79 Å². The third-order valence-corrected chi connectivity index (χ3v) is 5.73. The van der Waals surface area contributed by atoms with Crippen LogP contribution in [-0.2, 0) is 4.79 Å². The fourth-order valence-corrected chi connectivity index (χ4v) is 4.48. The van der Waals surface area contributed by atoms with Crippen LogP contribution in [0.5, 0.6) is 0 Å². The van der Waals surface area contributed by atoms with Gasteiger partial charge in [-0.3, -0.25) is 4.79 Å². The molecule has 0 aromatic rings. The molecule has 2 saturated heterocycles. The van der Waals surface area contributed by atoms with Crippen molar-refractivity contribution in [3.63, 3.8) is 0 Å². The summed E-state index contributed by atoms with van der Waals surface area (Å²) in [6.07, 6.45) is 10.5. The third-order valence-electron chi connectivity index (χ3n) is 5.73. The lowest BCUT2D eigenvalue weighted by molar-refractivity contribution is -0.136. The van der Waals surface area contributed by atoms with Gasteiger partial charge in [-0.15, -0.1) is 0 Å². The molecule has 4 heteroatoms. The van der Waals surface area contributed by atoms with Crippen LogP contribution in [0.3, 0.4) is 0 Å². The van der Waals surface area contributed by atoms with Gasteiger partial charge in [0.1, 0.15) is 0 Å². The highest BCUT2D eigenvalue weighted by Gasteiger charge is 2.31. The summed E-state index contributed by atoms with van der Waals surface area (Å²) >= 11 is 0. The third kappa shape index (κ3) is 3.78. The molecule has 0 bridgehead atoms. The minimum Gasteiger partial charge on any atom is -0.342 e. The Morgan fingerprint density at radius 3 is 2.43 bits per heavy atom. The molecule has 3 unspecified atom stereocenters. The van der Waals surface area contributed by atoms with Gasteiger partial charge in [-0.1, -0.05) is 6.42 Å². The smallest absolute Gasteiger partial charge is 0.225 e. The Morgan fingerprint density at radius 1 is 0.857 bits per heavy atom. The van der Waals surface area contributed by atoms with Crippen LogP contribution < -0.4 is 5.73 Å². The van der Waals surface area contributed by atoms with E-state index in [1.807, 2.05) is 0 Å². The highest BCUT2D eigenvalue weighted by molar-refractivity contribution is 5.79. The maximum Gasteiger partial charge on any atom is 0.225 e. The van der Waals surface area contributed by atoms with Crippen LogP contribution >= 0.6 is 0 Å². The zero-order valence-corrected chi connectivity index (χ0v) is 13.3. The number of rotatable bonds is 2. The van der Waals surface area contributed by atoms with Crippen LogP contribution in [0.15, 0.2) is 0 Å². The van der Waals surface area contributed by atoms with Crippen LogP contribution in [0.25, 0.3) is 0 Å². The lowest BCUT2D eigenvalue weighted by atomic mass is 9.85. The molecular formula is C17H31N3O. The molecule has 2 heterocycles. The first-order valence-electron chi connectivity index (χ1n) is 9.02. The Morgan fingerprint density at radius 2 is 1.67 bits per heavy atom. The summed E-state index contributed by atoms with van der Waals surface area (Å²) in [4.78, 5) is 17.5. The summed E-state index contributed by atoms with van der Waals surface area (Å²) < 4.78 is 0. The molecule has 0 spiro atoms. The summed E-state index contributed by atoms with van der Waals surface area (Å²) in [7, 11) is 0. The Balaban J connectivity index is 1.53. The maximum absolute atomic E-state index is 12.7. The molecule has 3 fully saturated rings. The Kier molecular flexibility index (Phi) is 5.17. The van der Waals surface area contributed by atoms with Gasteiger partial charge in [0.15, 0.2) is 0 Å². The highest BCUT2D eigenvalue weighted by Crippen LogP contribution is 2.27. The summed E-state index contributed by atoms with van der Waals surface area (Å²) in [5.41, 5.74) is 6.05. The second-order valence-corrected chi connectivity index (χ2v) is 7.28. The van der Waals surface area contributed by atoms with E-state index in [0.717, 1.165) is 44.8 Å². The molecule has 3 atom stereocenters. The minimum absolute atomic E-state index is 0.206. The van der Waals surface area contributed by atoms with Crippen molar-refractivity contribution in [1.29, 1.82) is 0 Å². The van der Waals surface area contributed by atoms with E-state index in [1.54, 1.807) is 0 Å². The van der Waals surface area contributed by atoms with E-state index < -0.39 is 0 Å². The number of carbonyl (C=O) groups is 1. The fourth-order valence-electron chi connectivity index (χ4n) is 4.48. The standard InChI is InChI=1S/C17H31N3O/c18-15-6-3-5-14(13-15)17(21)20-11-4-7-16(8-12-20)19-9-1-2-10-19/h14-16H,1-13,18H2. The molecule has 4 nitrogen and oxygen atoms in total. The van der Waals surface area contributed by atoms with Gasteiger partial charge in [0.25, 0.3) is 0 Å². The number of nitrogens with zero attached hydrogens (tertiary/aromatic N) is 2. The van der Waals surface area contributed by atoms with Gasteiger partial charge in [0.05, 0.1) is 0 Å². The van der Waals surface area contributed by atoms with Gasteiger partial charge in [0, 0.05) is 31.1 Å². The van der Waals surface area contributed by atoms with E-state index in [2.05, 4.69) is 9.80 Å². The summed E-state index contributed by atoms with van der Waals surface area (Å²) in [6, 6.07) is 0.968.